The Labute approximate surface area is 217 Å². The van der Waals surface area contributed by atoms with Crippen molar-refractivity contribution in [2.24, 2.45) is 0 Å². The lowest BCUT2D eigenvalue weighted by Gasteiger charge is -2.39. The van der Waals surface area contributed by atoms with Crippen LogP contribution >= 0.6 is 11.8 Å². The van der Waals surface area contributed by atoms with Gasteiger partial charge in [0.1, 0.15) is 5.60 Å². The molecule has 3 aromatic rings. The third kappa shape index (κ3) is 5.90. The molecule has 186 valence electrons. The van der Waals surface area contributed by atoms with Gasteiger partial charge in [-0.2, -0.15) is 0 Å². The maximum absolute atomic E-state index is 13.7. The molecule has 4 nitrogen and oxygen atoms in total. The molecule has 1 N–H and O–H groups in total. The molecule has 1 aliphatic heterocycles. The lowest BCUT2D eigenvalue weighted by atomic mass is 9.80. The number of benzene rings is 3. The molecular weight excluding hydrogens is 468 g/mol. The smallest absolute Gasteiger partial charge is 0.345 e. The Balaban J connectivity index is 1.76. The molecule has 0 aliphatic carbocycles. The number of aryl methyl sites for hydroxylation is 2. The number of carbonyl (C=O) groups is 2. The standard InChI is InChI=1S/C31H32O4S/c1-21(2)26-15-14-22(3)18-27(26)36-29-24(19-28(32)33)20-31(35-30(29)34,25-12-8-5-9-13-25)17-16-23-10-6-4-7-11-23/h4-15,18,21H,16-17,19-20H2,1-3H3,(H,32,33). The zero-order valence-electron chi connectivity index (χ0n) is 21.0. The van der Waals surface area contributed by atoms with E-state index in [1.165, 1.54) is 11.8 Å². The highest BCUT2D eigenvalue weighted by molar-refractivity contribution is 8.04. The van der Waals surface area contributed by atoms with Gasteiger partial charge in [-0.15, -0.1) is 0 Å². The third-order valence-electron chi connectivity index (χ3n) is 6.62. The van der Waals surface area contributed by atoms with Crippen molar-refractivity contribution in [2.45, 2.75) is 62.9 Å². The fourth-order valence-corrected chi connectivity index (χ4v) is 6.06. The number of carboxylic acid groups (broad SMARTS) is 1. The molecule has 1 heterocycles. The average molecular weight is 501 g/mol. The van der Waals surface area contributed by atoms with E-state index in [0.29, 0.717) is 29.7 Å². The SMILES string of the molecule is Cc1ccc(C(C)C)c(SC2=C(CC(=O)O)CC(CCc3ccccc3)(c3ccccc3)OC2=O)c1. The molecule has 3 aromatic carbocycles. The summed E-state index contributed by atoms with van der Waals surface area (Å²) in [7, 11) is 0. The Hall–Kier alpha value is -3.31. The van der Waals surface area contributed by atoms with Gasteiger partial charge < -0.3 is 9.84 Å². The monoisotopic (exact) mass is 500 g/mol. The number of hydrogen-bond acceptors (Lipinski definition) is 4. The van der Waals surface area contributed by atoms with Gasteiger partial charge >= 0.3 is 11.9 Å². The molecule has 0 radical (unpaired) electrons. The van der Waals surface area contributed by atoms with Gasteiger partial charge in [0.25, 0.3) is 0 Å². The van der Waals surface area contributed by atoms with Gasteiger partial charge in [0.15, 0.2) is 0 Å². The van der Waals surface area contributed by atoms with E-state index < -0.39 is 17.5 Å². The van der Waals surface area contributed by atoms with Crippen molar-refractivity contribution in [3.05, 3.63) is 112 Å². The average Bonchev–Trinajstić information content (AvgIpc) is 2.85. The molecule has 0 saturated heterocycles. The van der Waals surface area contributed by atoms with Crippen LogP contribution in [0.1, 0.15) is 61.3 Å². The van der Waals surface area contributed by atoms with Crippen LogP contribution in [-0.2, 0) is 26.3 Å². The summed E-state index contributed by atoms with van der Waals surface area (Å²) in [6.07, 6.45) is 1.43. The number of aliphatic carboxylic acids is 1. The van der Waals surface area contributed by atoms with Gasteiger partial charge in [-0.25, -0.2) is 4.79 Å². The molecule has 36 heavy (non-hydrogen) atoms. The summed E-state index contributed by atoms with van der Waals surface area (Å²) in [4.78, 5) is 27.0. The van der Waals surface area contributed by atoms with Crippen LogP contribution in [-0.4, -0.2) is 17.0 Å². The van der Waals surface area contributed by atoms with Gasteiger partial charge in [0.05, 0.1) is 11.3 Å². The van der Waals surface area contributed by atoms with Crippen LogP contribution in [0.2, 0.25) is 0 Å². The molecule has 0 amide bonds. The van der Waals surface area contributed by atoms with Crippen molar-refractivity contribution in [1.29, 1.82) is 0 Å². The maximum atomic E-state index is 13.7. The van der Waals surface area contributed by atoms with Crippen molar-refractivity contribution in [1.82, 2.24) is 0 Å². The molecule has 1 atom stereocenters. The molecule has 4 rings (SSSR count). The lowest BCUT2D eigenvalue weighted by Crippen LogP contribution is -2.38. The second-order valence-corrected chi connectivity index (χ2v) is 10.8. The minimum atomic E-state index is -0.948. The largest absolute Gasteiger partial charge is 0.481 e. The molecule has 5 heteroatoms. The van der Waals surface area contributed by atoms with E-state index >= 15 is 0 Å². The summed E-state index contributed by atoms with van der Waals surface area (Å²) in [6, 6.07) is 26.0. The Morgan fingerprint density at radius 3 is 2.33 bits per heavy atom. The van der Waals surface area contributed by atoms with E-state index in [4.69, 9.17) is 4.74 Å². The molecule has 0 aromatic heterocycles. The first-order valence-corrected chi connectivity index (χ1v) is 13.1. The number of rotatable bonds is 9. The van der Waals surface area contributed by atoms with Crippen molar-refractivity contribution >= 4 is 23.7 Å². The fraction of sp³-hybridized carbons (Fsp3) is 0.290. The van der Waals surface area contributed by atoms with Crippen LogP contribution < -0.4 is 0 Å². The zero-order chi connectivity index (χ0) is 25.7. The number of cyclic esters (lactones) is 1. The summed E-state index contributed by atoms with van der Waals surface area (Å²) in [5.74, 6) is -1.13. The number of carboxylic acids is 1. The number of hydrogen-bond donors (Lipinski definition) is 1. The van der Waals surface area contributed by atoms with E-state index in [1.807, 2.05) is 55.5 Å². The normalized spacial score (nSPS) is 17.8. The summed E-state index contributed by atoms with van der Waals surface area (Å²) < 4.78 is 6.30. The van der Waals surface area contributed by atoms with Crippen LogP contribution in [0.3, 0.4) is 0 Å². The van der Waals surface area contributed by atoms with Crippen molar-refractivity contribution in [3.8, 4) is 0 Å². The molecule has 1 unspecified atom stereocenters. The van der Waals surface area contributed by atoms with Gasteiger partial charge in [-0.1, -0.05) is 98.4 Å². The van der Waals surface area contributed by atoms with E-state index in [0.717, 1.165) is 27.1 Å². The van der Waals surface area contributed by atoms with Crippen LogP contribution in [0, 0.1) is 6.92 Å². The van der Waals surface area contributed by atoms with Crippen molar-refractivity contribution in [2.75, 3.05) is 0 Å². The molecule has 0 bridgehead atoms. The highest BCUT2D eigenvalue weighted by atomic mass is 32.2. The maximum Gasteiger partial charge on any atom is 0.345 e. The molecule has 0 spiro atoms. The summed E-state index contributed by atoms with van der Waals surface area (Å²) in [6.45, 7) is 6.25. The minimum Gasteiger partial charge on any atom is -0.481 e. The van der Waals surface area contributed by atoms with Gasteiger partial charge in [0, 0.05) is 11.3 Å². The van der Waals surface area contributed by atoms with E-state index in [-0.39, 0.29) is 12.3 Å². The Bertz CT molecular complexity index is 1260. The van der Waals surface area contributed by atoms with E-state index in [2.05, 4.69) is 44.2 Å². The second-order valence-electron chi connectivity index (χ2n) is 9.71. The van der Waals surface area contributed by atoms with Crippen LogP contribution in [0.5, 0.6) is 0 Å². The van der Waals surface area contributed by atoms with Gasteiger partial charge in [-0.05, 0) is 59.6 Å². The highest BCUT2D eigenvalue weighted by Gasteiger charge is 2.43. The van der Waals surface area contributed by atoms with Crippen LogP contribution in [0.15, 0.2) is 94.2 Å². The topological polar surface area (TPSA) is 63.6 Å². The Kier molecular flexibility index (Phi) is 8.00. The zero-order valence-corrected chi connectivity index (χ0v) is 21.8. The molecule has 0 fully saturated rings. The van der Waals surface area contributed by atoms with Gasteiger partial charge in [-0.3, -0.25) is 4.79 Å². The number of carbonyl (C=O) groups excluding carboxylic acids is 1. The fourth-order valence-electron chi connectivity index (χ4n) is 4.76. The van der Waals surface area contributed by atoms with Crippen LogP contribution in [0.4, 0.5) is 0 Å². The first-order chi connectivity index (χ1) is 17.3. The summed E-state index contributed by atoms with van der Waals surface area (Å²) >= 11 is 1.34. The predicted octanol–water partition coefficient (Wildman–Crippen LogP) is 7.41. The van der Waals surface area contributed by atoms with Crippen molar-refractivity contribution in [3.63, 3.8) is 0 Å². The number of ether oxygens (including phenoxy) is 1. The van der Waals surface area contributed by atoms with E-state index in [9.17, 15) is 14.7 Å². The summed E-state index contributed by atoms with van der Waals surface area (Å²) in [5, 5.41) is 9.78. The first-order valence-electron chi connectivity index (χ1n) is 12.3. The Morgan fingerprint density at radius 2 is 1.69 bits per heavy atom. The first kappa shape index (κ1) is 25.8. The van der Waals surface area contributed by atoms with Crippen LogP contribution in [0.25, 0.3) is 0 Å². The number of esters is 1. The molecule has 1 aliphatic rings. The quantitative estimate of drug-likeness (QED) is 0.310. The van der Waals surface area contributed by atoms with E-state index in [1.54, 1.807) is 0 Å². The molecule has 0 saturated carbocycles. The second kappa shape index (κ2) is 11.2. The summed E-state index contributed by atoms with van der Waals surface area (Å²) in [5.41, 5.74) is 3.96. The predicted molar refractivity (Wildman–Crippen MR) is 144 cm³/mol. The lowest BCUT2D eigenvalue weighted by molar-refractivity contribution is -0.158. The minimum absolute atomic E-state index is 0.194. The molecular formula is C31H32O4S. The third-order valence-corrected chi connectivity index (χ3v) is 7.85. The van der Waals surface area contributed by atoms with Gasteiger partial charge in [0.2, 0.25) is 0 Å². The van der Waals surface area contributed by atoms with Crippen molar-refractivity contribution < 1.29 is 19.4 Å². The highest BCUT2D eigenvalue weighted by Crippen LogP contribution is 2.47. The Morgan fingerprint density at radius 1 is 1.03 bits per heavy atom. The number of thioether (sulfide) groups is 1.